The van der Waals surface area contributed by atoms with Crippen molar-refractivity contribution in [3.63, 3.8) is 0 Å². The second kappa shape index (κ2) is 11.2. The highest BCUT2D eigenvalue weighted by atomic mass is 32.2. The molecule has 0 unspecified atom stereocenters. The number of rotatable bonds is 10. The number of anilines is 1. The van der Waals surface area contributed by atoms with E-state index >= 15 is 0 Å². The fourth-order valence-corrected chi connectivity index (χ4v) is 4.84. The van der Waals surface area contributed by atoms with Crippen LogP contribution in [0.2, 0.25) is 0 Å². The van der Waals surface area contributed by atoms with E-state index in [1.165, 1.54) is 11.0 Å². The van der Waals surface area contributed by atoms with Gasteiger partial charge in [-0.05, 0) is 51.3 Å². The third-order valence-electron chi connectivity index (χ3n) is 5.69. The van der Waals surface area contributed by atoms with E-state index in [4.69, 9.17) is 9.47 Å². The van der Waals surface area contributed by atoms with Gasteiger partial charge in [0.1, 0.15) is 12.6 Å². The molecule has 0 saturated carbocycles. The summed E-state index contributed by atoms with van der Waals surface area (Å²) in [6.07, 6.45) is 1.95. The first-order chi connectivity index (χ1) is 16.9. The smallest absolute Gasteiger partial charge is 0.244 e. The Labute approximate surface area is 213 Å². The summed E-state index contributed by atoms with van der Waals surface area (Å²) in [6.45, 7) is 7.31. The van der Waals surface area contributed by atoms with Gasteiger partial charge in [-0.1, -0.05) is 37.3 Å². The maximum Gasteiger partial charge on any atom is 0.244 e. The number of nitrogens with zero attached hydrogens (tertiary/aromatic N) is 2. The van der Waals surface area contributed by atoms with Crippen LogP contribution in [0.5, 0.6) is 11.5 Å². The molecule has 2 aromatic carbocycles. The summed E-state index contributed by atoms with van der Waals surface area (Å²) >= 11 is 0. The molecule has 1 aliphatic heterocycles. The summed E-state index contributed by atoms with van der Waals surface area (Å²) in [6, 6.07) is 13.6. The molecule has 2 amide bonds. The molecule has 2 aromatic rings. The molecule has 0 aromatic heterocycles. The lowest BCUT2D eigenvalue weighted by Gasteiger charge is -2.34. The van der Waals surface area contributed by atoms with Gasteiger partial charge >= 0.3 is 0 Å². The zero-order valence-electron chi connectivity index (χ0n) is 21.5. The number of sulfonamides is 1. The van der Waals surface area contributed by atoms with Crippen molar-refractivity contribution >= 4 is 27.5 Å². The maximum absolute atomic E-state index is 13.7. The predicted octanol–water partition coefficient (Wildman–Crippen LogP) is 2.95. The minimum absolute atomic E-state index is 0.0466. The summed E-state index contributed by atoms with van der Waals surface area (Å²) in [4.78, 5) is 28.3. The van der Waals surface area contributed by atoms with Crippen LogP contribution >= 0.6 is 0 Å². The van der Waals surface area contributed by atoms with Gasteiger partial charge in [0, 0.05) is 18.2 Å². The molecule has 10 heteroatoms. The van der Waals surface area contributed by atoms with Crippen molar-refractivity contribution in [1.82, 2.24) is 10.2 Å². The summed E-state index contributed by atoms with van der Waals surface area (Å²) in [7, 11) is -3.82. The Bertz CT molecular complexity index is 1180. The van der Waals surface area contributed by atoms with Crippen LogP contribution in [-0.4, -0.2) is 62.9 Å². The standard InChI is InChI=1S/C26H35N3O6S/c1-6-21(25(31)27-26(2,3)4)28(15-14-19-10-8-7-9-11-19)24(30)17-29(36(5,32)33)20-12-13-22-23(16-20)35-18-34-22/h7-13,16,21H,6,14-15,17-18H2,1-5H3,(H,27,31)/t21-/m0/s1. The van der Waals surface area contributed by atoms with E-state index in [2.05, 4.69) is 5.32 Å². The summed E-state index contributed by atoms with van der Waals surface area (Å²) in [5.41, 5.74) is 0.812. The Morgan fingerprint density at radius 2 is 1.72 bits per heavy atom. The Morgan fingerprint density at radius 1 is 1.06 bits per heavy atom. The highest BCUT2D eigenvalue weighted by molar-refractivity contribution is 7.92. The average molecular weight is 518 g/mol. The summed E-state index contributed by atoms with van der Waals surface area (Å²) in [5, 5.41) is 2.95. The van der Waals surface area contributed by atoms with E-state index in [9.17, 15) is 18.0 Å². The zero-order chi connectivity index (χ0) is 26.5. The highest BCUT2D eigenvalue weighted by Gasteiger charge is 2.33. The molecule has 1 heterocycles. The predicted molar refractivity (Wildman–Crippen MR) is 139 cm³/mol. The lowest BCUT2D eigenvalue weighted by atomic mass is 10.1. The number of carbonyl (C=O) groups excluding carboxylic acids is 2. The van der Waals surface area contributed by atoms with Gasteiger partial charge in [0.05, 0.1) is 11.9 Å². The van der Waals surface area contributed by atoms with E-state index in [-0.39, 0.29) is 24.9 Å². The highest BCUT2D eigenvalue weighted by Crippen LogP contribution is 2.36. The largest absolute Gasteiger partial charge is 0.454 e. The van der Waals surface area contributed by atoms with Crippen molar-refractivity contribution in [1.29, 1.82) is 0 Å². The lowest BCUT2D eigenvalue weighted by Crippen LogP contribution is -2.56. The molecule has 0 bridgehead atoms. The Morgan fingerprint density at radius 3 is 2.33 bits per heavy atom. The van der Waals surface area contributed by atoms with E-state index in [0.29, 0.717) is 24.3 Å². The van der Waals surface area contributed by atoms with Crippen molar-refractivity contribution < 1.29 is 27.5 Å². The molecule has 1 atom stereocenters. The minimum Gasteiger partial charge on any atom is -0.454 e. The number of amides is 2. The van der Waals surface area contributed by atoms with Crippen LogP contribution in [-0.2, 0) is 26.0 Å². The van der Waals surface area contributed by atoms with E-state index in [0.717, 1.165) is 16.1 Å². The monoisotopic (exact) mass is 517 g/mol. The van der Waals surface area contributed by atoms with Crippen LogP contribution < -0.4 is 19.1 Å². The molecular formula is C26H35N3O6S. The van der Waals surface area contributed by atoms with Gasteiger partial charge in [-0.15, -0.1) is 0 Å². The van der Waals surface area contributed by atoms with Crippen molar-refractivity contribution in [3.05, 3.63) is 54.1 Å². The average Bonchev–Trinajstić information content (AvgIpc) is 3.26. The van der Waals surface area contributed by atoms with Crippen LogP contribution in [0, 0.1) is 0 Å². The molecular weight excluding hydrogens is 482 g/mol. The van der Waals surface area contributed by atoms with Crippen LogP contribution in [0.4, 0.5) is 5.69 Å². The second-order valence-corrected chi connectivity index (χ2v) is 11.7. The zero-order valence-corrected chi connectivity index (χ0v) is 22.3. The number of ether oxygens (including phenoxy) is 2. The van der Waals surface area contributed by atoms with Gasteiger partial charge in [0.25, 0.3) is 0 Å². The summed E-state index contributed by atoms with van der Waals surface area (Å²) in [5.74, 6) is 0.170. The van der Waals surface area contributed by atoms with Crippen molar-refractivity contribution in [3.8, 4) is 11.5 Å². The van der Waals surface area contributed by atoms with Gasteiger partial charge in [-0.25, -0.2) is 8.42 Å². The molecule has 0 fully saturated rings. The number of benzene rings is 2. The molecule has 1 aliphatic rings. The number of nitrogens with one attached hydrogen (secondary N) is 1. The van der Waals surface area contributed by atoms with E-state index in [1.54, 1.807) is 12.1 Å². The molecule has 0 spiro atoms. The van der Waals surface area contributed by atoms with Crippen molar-refractivity contribution in [2.24, 2.45) is 0 Å². The Hall–Kier alpha value is -3.27. The fraction of sp³-hybridized carbons (Fsp3) is 0.462. The number of carbonyl (C=O) groups is 2. The van der Waals surface area contributed by atoms with Gasteiger partial charge in [0.2, 0.25) is 28.6 Å². The lowest BCUT2D eigenvalue weighted by molar-refractivity contribution is -0.140. The topological polar surface area (TPSA) is 105 Å². The molecule has 0 aliphatic carbocycles. The van der Waals surface area contributed by atoms with Crippen LogP contribution in [0.25, 0.3) is 0 Å². The molecule has 196 valence electrons. The minimum atomic E-state index is -3.82. The van der Waals surface area contributed by atoms with Gasteiger partial charge in [-0.2, -0.15) is 0 Å². The Balaban J connectivity index is 1.90. The first kappa shape index (κ1) is 27.3. The Kier molecular flexibility index (Phi) is 8.50. The van der Waals surface area contributed by atoms with Gasteiger partial charge in [-0.3, -0.25) is 13.9 Å². The number of hydrogen-bond acceptors (Lipinski definition) is 6. The van der Waals surface area contributed by atoms with Gasteiger partial charge in [0.15, 0.2) is 11.5 Å². The second-order valence-electron chi connectivity index (χ2n) is 9.79. The first-order valence-electron chi connectivity index (χ1n) is 11.9. The normalized spacial score (nSPS) is 13.7. The van der Waals surface area contributed by atoms with Crippen LogP contribution in [0.3, 0.4) is 0 Å². The fourth-order valence-electron chi connectivity index (χ4n) is 4.00. The first-order valence-corrected chi connectivity index (χ1v) is 13.8. The molecule has 1 N–H and O–H groups in total. The SMILES string of the molecule is CC[C@@H](C(=O)NC(C)(C)C)N(CCc1ccccc1)C(=O)CN(c1ccc2c(c1)OCO2)S(C)(=O)=O. The third kappa shape index (κ3) is 7.13. The van der Waals surface area contributed by atoms with E-state index in [1.807, 2.05) is 58.0 Å². The number of fused-ring (bicyclic) bond motifs is 1. The van der Waals surface area contributed by atoms with E-state index < -0.39 is 34.1 Å². The molecule has 0 radical (unpaired) electrons. The molecule has 36 heavy (non-hydrogen) atoms. The molecule has 0 saturated heterocycles. The third-order valence-corrected chi connectivity index (χ3v) is 6.83. The van der Waals surface area contributed by atoms with Crippen molar-refractivity contribution in [2.75, 3.05) is 30.4 Å². The maximum atomic E-state index is 13.7. The molecule has 3 rings (SSSR count). The quantitative estimate of drug-likeness (QED) is 0.520. The van der Waals surface area contributed by atoms with Gasteiger partial charge < -0.3 is 19.7 Å². The van der Waals surface area contributed by atoms with Crippen LogP contribution in [0.1, 0.15) is 39.7 Å². The summed E-state index contributed by atoms with van der Waals surface area (Å²) < 4.78 is 37.2. The molecule has 9 nitrogen and oxygen atoms in total. The number of hydrogen-bond donors (Lipinski definition) is 1. The van der Waals surface area contributed by atoms with Crippen LogP contribution in [0.15, 0.2) is 48.5 Å². The van der Waals surface area contributed by atoms with Crippen molar-refractivity contribution in [2.45, 2.75) is 52.1 Å².